The first-order valence-corrected chi connectivity index (χ1v) is 6.37. The van der Waals surface area contributed by atoms with E-state index in [9.17, 15) is 4.79 Å². The maximum atomic E-state index is 12.5. The van der Waals surface area contributed by atoms with E-state index >= 15 is 0 Å². The van der Waals surface area contributed by atoms with Crippen molar-refractivity contribution in [1.29, 1.82) is 0 Å². The van der Waals surface area contributed by atoms with Gasteiger partial charge < -0.3 is 10.6 Å². The lowest BCUT2D eigenvalue weighted by Gasteiger charge is -2.30. The Balaban J connectivity index is 2.01. The second-order valence-electron chi connectivity index (χ2n) is 4.62. The molecule has 0 saturated heterocycles. The summed E-state index contributed by atoms with van der Waals surface area (Å²) in [6.45, 7) is 0.714. The largest absolute Gasteiger partial charge is 0.398 e. The summed E-state index contributed by atoms with van der Waals surface area (Å²) in [6.07, 6.45) is 3.49. The molecule has 0 fully saturated rings. The van der Waals surface area contributed by atoms with Gasteiger partial charge in [0.25, 0.3) is 5.91 Å². The molecule has 0 unspecified atom stereocenters. The second kappa shape index (κ2) is 4.72. The summed E-state index contributed by atoms with van der Waals surface area (Å²) in [5.41, 5.74) is 9.21. The van der Waals surface area contributed by atoms with Crippen LogP contribution in [0.15, 0.2) is 42.6 Å². The van der Waals surface area contributed by atoms with E-state index in [1.54, 1.807) is 23.2 Å². The van der Waals surface area contributed by atoms with Gasteiger partial charge in [-0.1, -0.05) is 12.1 Å². The highest BCUT2D eigenvalue weighted by molar-refractivity contribution is 6.05. The lowest BCUT2D eigenvalue weighted by Crippen LogP contribution is -2.36. The molecule has 0 atom stereocenters. The normalized spacial score (nSPS) is 14.0. The lowest BCUT2D eigenvalue weighted by atomic mass is 9.99. The highest BCUT2D eigenvalue weighted by Gasteiger charge is 2.25. The molecule has 4 nitrogen and oxygen atoms in total. The highest BCUT2D eigenvalue weighted by atomic mass is 16.2. The summed E-state index contributed by atoms with van der Waals surface area (Å²) < 4.78 is 0. The Hall–Kier alpha value is -2.36. The second-order valence-corrected chi connectivity index (χ2v) is 4.62. The van der Waals surface area contributed by atoms with Crippen LogP contribution in [0.3, 0.4) is 0 Å². The van der Waals surface area contributed by atoms with Crippen molar-refractivity contribution < 1.29 is 4.79 Å². The zero-order chi connectivity index (χ0) is 13.2. The summed E-state index contributed by atoms with van der Waals surface area (Å²) in [4.78, 5) is 18.4. The molecule has 96 valence electrons. The van der Waals surface area contributed by atoms with Gasteiger partial charge in [0, 0.05) is 24.1 Å². The fourth-order valence-electron chi connectivity index (χ4n) is 2.49. The van der Waals surface area contributed by atoms with Crippen LogP contribution in [0, 0.1) is 0 Å². The summed E-state index contributed by atoms with van der Waals surface area (Å²) in [7, 11) is 0. The van der Waals surface area contributed by atoms with E-state index in [0.29, 0.717) is 12.2 Å². The molecule has 1 aromatic carbocycles. The molecule has 0 aliphatic carbocycles. The van der Waals surface area contributed by atoms with Crippen LogP contribution in [0.1, 0.15) is 22.5 Å². The maximum absolute atomic E-state index is 12.5. The average Bonchev–Trinajstić information content (AvgIpc) is 2.47. The summed E-state index contributed by atoms with van der Waals surface area (Å²) in [5.74, 6) is -0.0628. The first kappa shape index (κ1) is 11.7. The third kappa shape index (κ3) is 2.05. The van der Waals surface area contributed by atoms with Gasteiger partial charge in [-0.15, -0.1) is 0 Å². The smallest absolute Gasteiger partial charge is 0.276 e. The molecular formula is C15H15N3O. The van der Waals surface area contributed by atoms with Crippen LogP contribution in [0.5, 0.6) is 0 Å². The quantitative estimate of drug-likeness (QED) is 0.793. The summed E-state index contributed by atoms with van der Waals surface area (Å²) >= 11 is 0. The molecule has 0 radical (unpaired) electrons. The van der Waals surface area contributed by atoms with E-state index in [1.807, 2.05) is 24.3 Å². The molecule has 19 heavy (non-hydrogen) atoms. The molecule has 2 aromatic rings. The van der Waals surface area contributed by atoms with E-state index in [2.05, 4.69) is 4.98 Å². The summed E-state index contributed by atoms with van der Waals surface area (Å²) in [6, 6.07) is 11.1. The van der Waals surface area contributed by atoms with Crippen molar-refractivity contribution in [3.05, 3.63) is 53.9 Å². The number of fused-ring (bicyclic) bond motifs is 1. The number of rotatable bonds is 1. The first-order chi connectivity index (χ1) is 9.27. The monoisotopic (exact) mass is 253 g/mol. The Morgan fingerprint density at radius 1 is 1.21 bits per heavy atom. The Labute approximate surface area is 111 Å². The van der Waals surface area contributed by atoms with Crippen molar-refractivity contribution in [2.45, 2.75) is 12.8 Å². The molecule has 1 aromatic heterocycles. The number of carbonyl (C=O) groups is 1. The number of nitrogens with zero attached hydrogens (tertiary/aromatic N) is 2. The average molecular weight is 253 g/mol. The van der Waals surface area contributed by atoms with Crippen LogP contribution in [0.4, 0.5) is 11.4 Å². The number of nitrogen functional groups attached to an aromatic ring is 1. The molecule has 0 spiro atoms. The van der Waals surface area contributed by atoms with Crippen LogP contribution in [-0.4, -0.2) is 17.4 Å². The highest BCUT2D eigenvalue weighted by Crippen LogP contribution is 2.31. The van der Waals surface area contributed by atoms with Gasteiger partial charge in [0.2, 0.25) is 0 Å². The standard InChI is InChI=1S/C15H15N3O/c16-12-6-3-8-14-11(12)5-4-10-18(14)15(19)13-7-1-2-9-17-13/h1-3,6-9H,4-5,10,16H2. The lowest BCUT2D eigenvalue weighted by molar-refractivity contribution is 0.0980. The van der Waals surface area contributed by atoms with Crippen molar-refractivity contribution in [2.24, 2.45) is 0 Å². The van der Waals surface area contributed by atoms with Crippen LogP contribution in [0.25, 0.3) is 0 Å². The minimum atomic E-state index is -0.0628. The Morgan fingerprint density at radius 3 is 2.89 bits per heavy atom. The minimum Gasteiger partial charge on any atom is -0.398 e. The van der Waals surface area contributed by atoms with Gasteiger partial charge in [-0.05, 0) is 42.7 Å². The molecule has 2 N–H and O–H groups in total. The van der Waals surface area contributed by atoms with Crippen molar-refractivity contribution in [2.75, 3.05) is 17.2 Å². The van der Waals surface area contributed by atoms with Crippen LogP contribution in [-0.2, 0) is 6.42 Å². The molecule has 1 aliphatic rings. The molecule has 3 rings (SSSR count). The number of nitrogens with two attached hydrogens (primary N) is 1. The van der Waals surface area contributed by atoms with Gasteiger partial charge in [0.05, 0.1) is 0 Å². The summed E-state index contributed by atoms with van der Waals surface area (Å²) in [5, 5.41) is 0. The Morgan fingerprint density at radius 2 is 2.11 bits per heavy atom. The predicted octanol–water partition coefficient (Wildman–Crippen LogP) is 2.26. The number of hydrogen-bond donors (Lipinski definition) is 1. The van der Waals surface area contributed by atoms with E-state index in [0.717, 1.165) is 29.8 Å². The SMILES string of the molecule is Nc1cccc2c1CCCN2C(=O)c1ccccn1. The van der Waals surface area contributed by atoms with Gasteiger partial charge in [0.15, 0.2) is 0 Å². The van der Waals surface area contributed by atoms with Crippen LogP contribution in [0.2, 0.25) is 0 Å². The molecule has 0 saturated carbocycles. The zero-order valence-corrected chi connectivity index (χ0v) is 10.5. The van der Waals surface area contributed by atoms with E-state index in [4.69, 9.17) is 5.73 Å². The van der Waals surface area contributed by atoms with Crippen molar-refractivity contribution in [3.8, 4) is 0 Å². The molecule has 1 amide bonds. The molecule has 0 bridgehead atoms. The minimum absolute atomic E-state index is 0.0628. The molecular weight excluding hydrogens is 238 g/mol. The van der Waals surface area contributed by atoms with Gasteiger partial charge in [-0.3, -0.25) is 9.78 Å². The van der Waals surface area contributed by atoms with Gasteiger partial charge in [0.1, 0.15) is 5.69 Å². The number of benzene rings is 1. The van der Waals surface area contributed by atoms with Crippen molar-refractivity contribution in [3.63, 3.8) is 0 Å². The fourth-order valence-corrected chi connectivity index (χ4v) is 2.49. The van der Waals surface area contributed by atoms with E-state index < -0.39 is 0 Å². The van der Waals surface area contributed by atoms with Crippen molar-refractivity contribution >= 4 is 17.3 Å². The molecule has 1 aliphatic heterocycles. The number of pyridine rings is 1. The number of hydrogen-bond acceptors (Lipinski definition) is 3. The third-order valence-corrected chi connectivity index (χ3v) is 3.42. The van der Waals surface area contributed by atoms with E-state index in [-0.39, 0.29) is 5.91 Å². The Bertz CT molecular complexity index is 610. The van der Waals surface area contributed by atoms with Gasteiger partial charge in [-0.25, -0.2) is 0 Å². The van der Waals surface area contributed by atoms with Crippen LogP contribution >= 0.6 is 0 Å². The molecule has 2 heterocycles. The van der Waals surface area contributed by atoms with Crippen molar-refractivity contribution in [1.82, 2.24) is 4.98 Å². The van der Waals surface area contributed by atoms with Crippen LogP contribution < -0.4 is 10.6 Å². The number of carbonyl (C=O) groups excluding carboxylic acids is 1. The third-order valence-electron chi connectivity index (χ3n) is 3.42. The number of aromatic nitrogens is 1. The van der Waals surface area contributed by atoms with Gasteiger partial charge >= 0.3 is 0 Å². The first-order valence-electron chi connectivity index (χ1n) is 6.37. The Kier molecular flexibility index (Phi) is 2.91. The molecule has 4 heteroatoms. The predicted molar refractivity (Wildman–Crippen MR) is 75.1 cm³/mol. The van der Waals surface area contributed by atoms with Gasteiger partial charge in [-0.2, -0.15) is 0 Å². The maximum Gasteiger partial charge on any atom is 0.276 e. The fraction of sp³-hybridized carbons (Fsp3) is 0.200. The zero-order valence-electron chi connectivity index (χ0n) is 10.5. The van der Waals surface area contributed by atoms with E-state index in [1.165, 1.54) is 0 Å². The number of anilines is 2. The topological polar surface area (TPSA) is 59.2 Å². The number of amides is 1.